The lowest BCUT2D eigenvalue weighted by molar-refractivity contribution is -0.121. The Morgan fingerprint density at radius 3 is 2.52 bits per heavy atom. The number of amides is 2. The van der Waals surface area contributed by atoms with Crippen molar-refractivity contribution in [2.75, 3.05) is 23.7 Å². The van der Waals surface area contributed by atoms with E-state index in [0.717, 1.165) is 32.1 Å². The van der Waals surface area contributed by atoms with Gasteiger partial charge >= 0.3 is 0 Å². The molecule has 2 N–H and O–H groups in total. The average molecular weight is 419 g/mol. The molecule has 1 aliphatic heterocycles. The van der Waals surface area contributed by atoms with Gasteiger partial charge in [0.1, 0.15) is 11.6 Å². The Bertz CT molecular complexity index is 881. The van der Waals surface area contributed by atoms with Gasteiger partial charge in [-0.2, -0.15) is 0 Å². The normalized spacial score (nSPS) is 15.3. The molecule has 8 heteroatoms. The minimum Gasteiger partial charge on any atom is -0.325 e. The molecule has 29 heavy (non-hydrogen) atoms. The summed E-state index contributed by atoms with van der Waals surface area (Å²) in [7, 11) is 0. The van der Waals surface area contributed by atoms with Gasteiger partial charge in [0.2, 0.25) is 5.91 Å². The topological polar surface area (TPSA) is 74.3 Å². The number of anilines is 2. The van der Waals surface area contributed by atoms with Crippen molar-refractivity contribution in [3.63, 3.8) is 0 Å². The van der Waals surface area contributed by atoms with Crippen LogP contribution in [-0.2, 0) is 4.79 Å². The number of hydrogen-bond acceptors (Lipinski definition) is 4. The summed E-state index contributed by atoms with van der Waals surface area (Å²) in [6.45, 7) is 6.05. The van der Waals surface area contributed by atoms with Crippen LogP contribution in [0.25, 0.3) is 0 Å². The van der Waals surface area contributed by atoms with Crippen molar-refractivity contribution in [3.8, 4) is 0 Å². The van der Waals surface area contributed by atoms with Crippen LogP contribution < -0.4 is 10.6 Å². The molecule has 0 unspecified atom stereocenters. The van der Waals surface area contributed by atoms with Crippen molar-refractivity contribution < 1.29 is 14.0 Å². The number of piperidine rings is 1. The van der Waals surface area contributed by atoms with Crippen molar-refractivity contribution in [2.24, 2.45) is 5.92 Å². The van der Waals surface area contributed by atoms with E-state index >= 15 is 0 Å². The standard InChI is InChI=1S/C21H24ClFN4O2/c1-13(2)27-9-7-14(8-10-27)20(28)25-18-5-3-15(22)11-17(18)21(29)26-19-6-4-16(23)12-24-19/h3-6,11-14H,7-10H2,1-2H3,(H,25,28)(H,24,26,29). The summed E-state index contributed by atoms with van der Waals surface area (Å²) in [6, 6.07) is 7.73. The van der Waals surface area contributed by atoms with E-state index in [-0.39, 0.29) is 23.2 Å². The lowest BCUT2D eigenvalue weighted by atomic mass is 9.95. The van der Waals surface area contributed by atoms with Crippen LogP contribution in [0.2, 0.25) is 5.02 Å². The van der Waals surface area contributed by atoms with Gasteiger partial charge in [-0.25, -0.2) is 9.37 Å². The van der Waals surface area contributed by atoms with E-state index < -0.39 is 11.7 Å². The number of halogens is 2. The molecule has 154 valence electrons. The number of carbonyl (C=O) groups is 2. The van der Waals surface area contributed by atoms with Gasteiger partial charge in [-0.1, -0.05) is 11.6 Å². The van der Waals surface area contributed by atoms with Crippen LogP contribution in [0.15, 0.2) is 36.5 Å². The van der Waals surface area contributed by atoms with E-state index in [1.54, 1.807) is 12.1 Å². The first-order valence-corrected chi connectivity index (χ1v) is 9.98. The third-order valence-electron chi connectivity index (χ3n) is 5.08. The van der Waals surface area contributed by atoms with Crippen LogP contribution >= 0.6 is 11.6 Å². The fourth-order valence-electron chi connectivity index (χ4n) is 3.36. The third kappa shape index (κ3) is 5.52. The smallest absolute Gasteiger partial charge is 0.258 e. The maximum Gasteiger partial charge on any atom is 0.258 e. The van der Waals surface area contributed by atoms with Crippen LogP contribution in [0.4, 0.5) is 15.9 Å². The Morgan fingerprint density at radius 2 is 1.90 bits per heavy atom. The van der Waals surface area contributed by atoms with E-state index in [0.29, 0.717) is 16.8 Å². The predicted octanol–water partition coefficient (Wildman–Crippen LogP) is 4.19. The number of rotatable bonds is 5. The molecular weight excluding hydrogens is 395 g/mol. The van der Waals surface area contributed by atoms with Gasteiger partial charge in [-0.05, 0) is 70.1 Å². The molecule has 1 aromatic heterocycles. The van der Waals surface area contributed by atoms with E-state index in [1.807, 2.05) is 0 Å². The first kappa shape index (κ1) is 21.2. The summed E-state index contributed by atoms with van der Waals surface area (Å²) in [5.41, 5.74) is 0.599. The summed E-state index contributed by atoms with van der Waals surface area (Å²) < 4.78 is 13.0. The van der Waals surface area contributed by atoms with Gasteiger partial charge in [0.05, 0.1) is 17.4 Å². The molecule has 1 aromatic carbocycles. The zero-order chi connectivity index (χ0) is 21.0. The first-order chi connectivity index (χ1) is 13.8. The molecule has 6 nitrogen and oxygen atoms in total. The minimum absolute atomic E-state index is 0.102. The van der Waals surface area contributed by atoms with Crippen LogP contribution in [0, 0.1) is 11.7 Å². The monoisotopic (exact) mass is 418 g/mol. The summed E-state index contributed by atoms with van der Waals surface area (Å²) in [5.74, 6) is -0.992. The highest BCUT2D eigenvalue weighted by Crippen LogP contribution is 2.25. The molecule has 2 amide bonds. The van der Waals surface area contributed by atoms with Gasteiger partial charge in [0.15, 0.2) is 0 Å². The predicted molar refractivity (Wildman–Crippen MR) is 112 cm³/mol. The molecule has 1 aliphatic rings. The van der Waals surface area contributed by atoms with E-state index in [2.05, 4.69) is 34.4 Å². The van der Waals surface area contributed by atoms with Gasteiger partial charge in [-0.3, -0.25) is 9.59 Å². The maximum atomic E-state index is 13.0. The molecule has 0 atom stereocenters. The highest BCUT2D eigenvalue weighted by Gasteiger charge is 2.27. The number of likely N-dealkylation sites (tertiary alicyclic amines) is 1. The van der Waals surface area contributed by atoms with Crippen molar-refractivity contribution in [3.05, 3.63) is 52.9 Å². The molecule has 0 saturated carbocycles. The maximum absolute atomic E-state index is 13.0. The quantitative estimate of drug-likeness (QED) is 0.763. The zero-order valence-electron chi connectivity index (χ0n) is 16.4. The van der Waals surface area contributed by atoms with Crippen LogP contribution in [0.1, 0.15) is 37.0 Å². The number of nitrogens with zero attached hydrogens (tertiary/aromatic N) is 2. The highest BCUT2D eigenvalue weighted by molar-refractivity contribution is 6.31. The van der Waals surface area contributed by atoms with Crippen molar-refractivity contribution >= 4 is 34.9 Å². The Labute approximate surface area is 174 Å². The molecule has 1 saturated heterocycles. The average Bonchev–Trinajstić information content (AvgIpc) is 2.71. The number of hydrogen-bond donors (Lipinski definition) is 2. The van der Waals surface area contributed by atoms with Crippen LogP contribution in [-0.4, -0.2) is 40.8 Å². The second-order valence-corrected chi connectivity index (χ2v) is 7.84. The number of pyridine rings is 1. The van der Waals surface area contributed by atoms with Gasteiger partial charge in [-0.15, -0.1) is 0 Å². The largest absolute Gasteiger partial charge is 0.325 e. The molecule has 0 radical (unpaired) electrons. The Hall–Kier alpha value is -2.51. The number of nitrogens with one attached hydrogen (secondary N) is 2. The van der Waals surface area contributed by atoms with Gasteiger partial charge in [0.25, 0.3) is 5.91 Å². The highest BCUT2D eigenvalue weighted by atomic mass is 35.5. The fourth-order valence-corrected chi connectivity index (χ4v) is 3.53. The lowest BCUT2D eigenvalue weighted by Gasteiger charge is -2.34. The van der Waals surface area contributed by atoms with Crippen molar-refractivity contribution in [1.29, 1.82) is 0 Å². The zero-order valence-corrected chi connectivity index (χ0v) is 17.2. The van der Waals surface area contributed by atoms with Crippen LogP contribution in [0.3, 0.4) is 0 Å². The second kappa shape index (κ2) is 9.33. The number of carbonyl (C=O) groups excluding carboxylic acids is 2. The minimum atomic E-state index is -0.498. The molecule has 3 rings (SSSR count). The molecule has 0 bridgehead atoms. The summed E-state index contributed by atoms with van der Waals surface area (Å²) in [6.07, 6.45) is 2.57. The molecule has 2 heterocycles. The Kier molecular flexibility index (Phi) is 6.82. The van der Waals surface area contributed by atoms with Gasteiger partial charge < -0.3 is 15.5 Å². The third-order valence-corrected chi connectivity index (χ3v) is 5.32. The Morgan fingerprint density at radius 1 is 1.17 bits per heavy atom. The Balaban J connectivity index is 1.70. The van der Waals surface area contributed by atoms with E-state index in [9.17, 15) is 14.0 Å². The summed E-state index contributed by atoms with van der Waals surface area (Å²) >= 11 is 6.05. The van der Waals surface area contributed by atoms with Gasteiger partial charge in [0, 0.05) is 17.0 Å². The second-order valence-electron chi connectivity index (χ2n) is 7.40. The van der Waals surface area contributed by atoms with Crippen molar-refractivity contribution in [2.45, 2.75) is 32.7 Å². The van der Waals surface area contributed by atoms with E-state index in [4.69, 9.17) is 11.6 Å². The van der Waals surface area contributed by atoms with Crippen molar-refractivity contribution in [1.82, 2.24) is 9.88 Å². The SMILES string of the molecule is CC(C)N1CCC(C(=O)Nc2ccc(Cl)cc2C(=O)Nc2ccc(F)cn2)CC1. The van der Waals surface area contributed by atoms with Crippen LogP contribution in [0.5, 0.6) is 0 Å². The molecule has 1 fully saturated rings. The molecular formula is C21H24ClFN4O2. The number of benzene rings is 1. The fraction of sp³-hybridized carbons (Fsp3) is 0.381. The van der Waals surface area contributed by atoms with E-state index in [1.165, 1.54) is 18.2 Å². The molecule has 0 aliphatic carbocycles. The molecule has 0 spiro atoms. The first-order valence-electron chi connectivity index (χ1n) is 9.61. The number of aromatic nitrogens is 1. The molecule has 2 aromatic rings. The summed E-state index contributed by atoms with van der Waals surface area (Å²) in [4.78, 5) is 31.6. The lowest BCUT2D eigenvalue weighted by Crippen LogP contribution is -2.41. The summed E-state index contributed by atoms with van der Waals surface area (Å²) in [5, 5.41) is 5.83.